The molecule has 0 aromatic heterocycles. The van der Waals surface area contributed by atoms with E-state index in [1.807, 2.05) is 0 Å². The smallest absolute Gasteiger partial charge is 0.324 e. The number of rotatable bonds is 17. The van der Waals surface area contributed by atoms with Crippen LogP contribution in [0, 0.1) is 0 Å². The molecule has 0 aromatic rings. The minimum Gasteiger partial charge on any atom is -0.463 e. The molecule has 0 spiro atoms. The summed E-state index contributed by atoms with van der Waals surface area (Å²) in [5.41, 5.74) is 0. The highest BCUT2D eigenvalue weighted by Gasteiger charge is 2.22. The Morgan fingerprint density at radius 1 is 0.871 bits per heavy atom. The summed E-state index contributed by atoms with van der Waals surface area (Å²) in [6.07, 6.45) is 15.4. The Bertz CT molecular complexity index is 498. The molecule has 1 saturated heterocycles. The Morgan fingerprint density at radius 2 is 1.58 bits per heavy atom. The maximum absolute atomic E-state index is 12.1. The monoisotopic (exact) mass is 440 g/mol. The van der Waals surface area contributed by atoms with Crippen LogP contribution in [0.5, 0.6) is 0 Å². The van der Waals surface area contributed by atoms with Crippen molar-refractivity contribution in [1.82, 2.24) is 10.2 Å². The van der Waals surface area contributed by atoms with E-state index in [2.05, 4.69) is 12.2 Å². The third-order valence-electron chi connectivity index (χ3n) is 5.54. The molecule has 0 bridgehead atoms. The van der Waals surface area contributed by atoms with Gasteiger partial charge in [-0.15, -0.1) is 0 Å². The van der Waals surface area contributed by atoms with Crippen LogP contribution in [-0.4, -0.2) is 55.7 Å². The second-order valence-electron chi connectivity index (χ2n) is 8.35. The van der Waals surface area contributed by atoms with Gasteiger partial charge >= 0.3 is 12.0 Å². The summed E-state index contributed by atoms with van der Waals surface area (Å²) in [7, 11) is 0. The molecule has 0 aromatic carbocycles. The molecule has 0 atom stereocenters. The fraction of sp³-hybridized carbons (Fsp3) is 0.875. The third kappa shape index (κ3) is 14.9. The van der Waals surface area contributed by atoms with Gasteiger partial charge in [0, 0.05) is 32.5 Å². The van der Waals surface area contributed by atoms with Crippen LogP contribution < -0.4 is 5.32 Å². The van der Waals surface area contributed by atoms with Gasteiger partial charge in [-0.1, -0.05) is 64.7 Å². The number of amides is 3. The summed E-state index contributed by atoms with van der Waals surface area (Å²) in [6.45, 7) is 4.30. The van der Waals surface area contributed by atoms with Crippen LogP contribution >= 0.6 is 0 Å². The van der Waals surface area contributed by atoms with E-state index in [0.29, 0.717) is 45.6 Å². The minimum absolute atomic E-state index is 0.0875. The van der Waals surface area contributed by atoms with Gasteiger partial charge in [-0.2, -0.15) is 0 Å². The average molecular weight is 441 g/mol. The number of ether oxygens (including phenoxy) is 2. The Hall–Kier alpha value is -1.63. The van der Waals surface area contributed by atoms with Crippen molar-refractivity contribution in [1.29, 1.82) is 0 Å². The Balaban J connectivity index is 1.86. The number of unbranched alkanes of at least 4 members (excludes halogenated alkanes) is 8. The van der Waals surface area contributed by atoms with E-state index in [1.165, 1.54) is 49.8 Å². The molecule has 1 rings (SSSR count). The van der Waals surface area contributed by atoms with Crippen molar-refractivity contribution in [3.63, 3.8) is 0 Å². The number of urea groups is 1. The summed E-state index contributed by atoms with van der Waals surface area (Å²) in [5.74, 6) is -0.239. The van der Waals surface area contributed by atoms with Gasteiger partial charge in [0.25, 0.3) is 0 Å². The number of imide groups is 1. The second kappa shape index (κ2) is 19.1. The molecule has 0 aliphatic carbocycles. The Labute approximate surface area is 188 Å². The summed E-state index contributed by atoms with van der Waals surface area (Å²) >= 11 is 0. The molecule has 1 aliphatic rings. The predicted molar refractivity (Wildman–Crippen MR) is 122 cm³/mol. The molecule has 3 amide bonds. The Kier molecular flexibility index (Phi) is 16.9. The highest BCUT2D eigenvalue weighted by molar-refractivity contribution is 5.94. The van der Waals surface area contributed by atoms with Crippen LogP contribution in [0.25, 0.3) is 0 Å². The minimum atomic E-state index is -0.308. The fourth-order valence-electron chi connectivity index (χ4n) is 3.63. The molecule has 1 aliphatic heterocycles. The number of hydrogen-bond acceptors (Lipinski definition) is 5. The number of likely N-dealkylation sites (tertiary alicyclic amines) is 1. The van der Waals surface area contributed by atoms with Gasteiger partial charge in [0.05, 0.1) is 6.61 Å². The highest BCUT2D eigenvalue weighted by Crippen LogP contribution is 2.12. The number of nitrogens with zero attached hydrogens (tertiary/aromatic N) is 1. The first-order chi connectivity index (χ1) is 15.1. The molecular weight excluding hydrogens is 396 g/mol. The molecule has 0 saturated carbocycles. The van der Waals surface area contributed by atoms with Gasteiger partial charge < -0.3 is 14.8 Å². The molecule has 180 valence electrons. The maximum atomic E-state index is 12.1. The Morgan fingerprint density at radius 3 is 2.32 bits per heavy atom. The number of hydrogen-bond donors (Lipinski definition) is 1. The molecule has 1 N–H and O–H groups in total. The SMILES string of the molecule is CCCCCCCCCCCC(=O)OCCOCCCNC(=O)N1CCCCCC1=O. The first kappa shape index (κ1) is 27.4. The van der Waals surface area contributed by atoms with Crippen LogP contribution in [0.3, 0.4) is 0 Å². The maximum Gasteiger partial charge on any atom is 0.324 e. The standard InChI is InChI=1S/C24H44N2O5/c1-2-3-4-5-6-7-8-9-12-16-23(28)31-21-20-30-19-14-17-25-24(29)26-18-13-10-11-15-22(26)27/h2-21H2,1H3,(H,25,29). The lowest BCUT2D eigenvalue weighted by Gasteiger charge is -2.19. The van der Waals surface area contributed by atoms with E-state index in [4.69, 9.17) is 9.47 Å². The van der Waals surface area contributed by atoms with E-state index in [1.54, 1.807) is 0 Å². The van der Waals surface area contributed by atoms with E-state index >= 15 is 0 Å². The lowest BCUT2D eigenvalue weighted by Crippen LogP contribution is -2.44. The van der Waals surface area contributed by atoms with E-state index in [9.17, 15) is 14.4 Å². The summed E-state index contributed by atoms with van der Waals surface area (Å²) in [5, 5.41) is 2.77. The molecular formula is C24H44N2O5. The number of carbonyl (C=O) groups excluding carboxylic acids is 3. The van der Waals surface area contributed by atoms with Crippen molar-refractivity contribution in [2.24, 2.45) is 0 Å². The van der Waals surface area contributed by atoms with Gasteiger partial charge in [0.1, 0.15) is 6.61 Å². The van der Waals surface area contributed by atoms with Crippen LogP contribution in [-0.2, 0) is 19.1 Å². The lowest BCUT2D eigenvalue weighted by atomic mass is 10.1. The van der Waals surface area contributed by atoms with Crippen molar-refractivity contribution >= 4 is 17.9 Å². The molecule has 1 heterocycles. The summed E-state index contributed by atoms with van der Waals surface area (Å²) < 4.78 is 10.6. The van der Waals surface area contributed by atoms with E-state index < -0.39 is 0 Å². The molecule has 1 fully saturated rings. The normalized spacial score (nSPS) is 14.4. The zero-order valence-electron chi connectivity index (χ0n) is 19.6. The predicted octanol–water partition coefficient (Wildman–Crippen LogP) is 4.97. The first-order valence-corrected chi connectivity index (χ1v) is 12.5. The molecule has 31 heavy (non-hydrogen) atoms. The third-order valence-corrected chi connectivity index (χ3v) is 5.54. The topological polar surface area (TPSA) is 84.9 Å². The number of nitrogens with one attached hydrogen (secondary N) is 1. The van der Waals surface area contributed by atoms with Crippen molar-refractivity contribution in [3.05, 3.63) is 0 Å². The highest BCUT2D eigenvalue weighted by atomic mass is 16.6. The van der Waals surface area contributed by atoms with Gasteiger partial charge in [0.2, 0.25) is 5.91 Å². The van der Waals surface area contributed by atoms with Crippen molar-refractivity contribution < 1.29 is 23.9 Å². The van der Waals surface area contributed by atoms with Crippen LogP contribution in [0.1, 0.15) is 103 Å². The van der Waals surface area contributed by atoms with Gasteiger partial charge in [-0.3, -0.25) is 14.5 Å². The van der Waals surface area contributed by atoms with Crippen LogP contribution in [0.4, 0.5) is 4.79 Å². The number of esters is 1. The molecule has 7 nitrogen and oxygen atoms in total. The summed E-state index contributed by atoms with van der Waals surface area (Å²) in [4.78, 5) is 37.0. The number of carbonyl (C=O) groups is 3. The fourth-order valence-corrected chi connectivity index (χ4v) is 3.63. The molecule has 0 unspecified atom stereocenters. The van der Waals surface area contributed by atoms with Crippen LogP contribution in [0.15, 0.2) is 0 Å². The summed E-state index contributed by atoms with van der Waals surface area (Å²) in [6, 6.07) is -0.308. The molecule has 0 radical (unpaired) electrons. The van der Waals surface area contributed by atoms with Gasteiger partial charge in [-0.05, 0) is 25.7 Å². The lowest BCUT2D eigenvalue weighted by molar-refractivity contribution is -0.145. The van der Waals surface area contributed by atoms with Gasteiger partial charge in [0.15, 0.2) is 0 Å². The zero-order valence-corrected chi connectivity index (χ0v) is 19.6. The zero-order chi connectivity index (χ0) is 22.6. The quantitative estimate of drug-likeness (QED) is 0.255. The van der Waals surface area contributed by atoms with Crippen LogP contribution in [0.2, 0.25) is 0 Å². The van der Waals surface area contributed by atoms with E-state index in [0.717, 1.165) is 32.1 Å². The van der Waals surface area contributed by atoms with Crippen molar-refractivity contribution in [2.75, 3.05) is 32.9 Å². The molecule has 7 heteroatoms. The second-order valence-corrected chi connectivity index (χ2v) is 8.35. The van der Waals surface area contributed by atoms with E-state index in [-0.39, 0.29) is 24.5 Å². The van der Waals surface area contributed by atoms with Crippen molar-refractivity contribution in [2.45, 2.75) is 103 Å². The average Bonchev–Trinajstić information content (AvgIpc) is 2.98. The van der Waals surface area contributed by atoms with Gasteiger partial charge in [-0.25, -0.2) is 4.79 Å². The first-order valence-electron chi connectivity index (χ1n) is 12.5. The van der Waals surface area contributed by atoms with Crippen molar-refractivity contribution in [3.8, 4) is 0 Å². The largest absolute Gasteiger partial charge is 0.463 e.